The van der Waals surface area contributed by atoms with E-state index in [2.05, 4.69) is 66.3 Å². The minimum absolute atomic E-state index is 0. The van der Waals surface area contributed by atoms with Crippen LogP contribution >= 0.6 is 35.3 Å². The Kier molecular flexibility index (Phi) is 6.89. The zero-order chi connectivity index (χ0) is 15.4. The zero-order valence-electron chi connectivity index (χ0n) is 13.6. The van der Waals surface area contributed by atoms with E-state index in [9.17, 15) is 0 Å². The van der Waals surface area contributed by atoms with E-state index >= 15 is 0 Å². The maximum absolute atomic E-state index is 4.73. The third-order valence-corrected chi connectivity index (χ3v) is 5.04. The Hall–Kier alpha value is -1.08. The number of nitrogens with one attached hydrogen (secondary N) is 2. The summed E-state index contributed by atoms with van der Waals surface area (Å²) < 4.78 is 0. The molecule has 1 heterocycles. The van der Waals surface area contributed by atoms with Crippen LogP contribution in [-0.4, -0.2) is 18.5 Å². The zero-order valence-corrected chi connectivity index (χ0v) is 16.7. The first-order chi connectivity index (χ1) is 10.8. The van der Waals surface area contributed by atoms with Crippen molar-refractivity contribution in [1.29, 1.82) is 0 Å². The maximum atomic E-state index is 4.73. The third kappa shape index (κ3) is 4.94. The number of aryl methyl sites for hydroxylation is 1. The average molecular weight is 441 g/mol. The van der Waals surface area contributed by atoms with Crippen molar-refractivity contribution in [2.45, 2.75) is 38.8 Å². The predicted octanol–water partition coefficient (Wildman–Crippen LogP) is 4.29. The smallest absolute Gasteiger partial charge is 0.191 e. The van der Waals surface area contributed by atoms with Crippen LogP contribution in [0.5, 0.6) is 0 Å². The Morgan fingerprint density at radius 2 is 2.04 bits per heavy atom. The lowest BCUT2D eigenvalue weighted by Crippen LogP contribution is -2.39. The fourth-order valence-electron chi connectivity index (χ4n) is 2.64. The highest BCUT2D eigenvalue weighted by atomic mass is 127. The molecule has 23 heavy (non-hydrogen) atoms. The SMILES string of the molecule is CCNC(=NCc1sccc1C)NC1CC1c1ccccc1.I. The van der Waals surface area contributed by atoms with Gasteiger partial charge < -0.3 is 10.6 Å². The van der Waals surface area contributed by atoms with Gasteiger partial charge in [0.1, 0.15) is 0 Å². The van der Waals surface area contributed by atoms with Crippen molar-refractivity contribution in [3.05, 3.63) is 57.8 Å². The van der Waals surface area contributed by atoms with Gasteiger partial charge in [-0.25, -0.2) is 4.99 Å². The summed E-state index contributed by atoms with van der Waals surface area (Å²) in [5.74, 6) is 1.55. The summed E-state index contributed by atoms with van der Waals surface area (Å²) in [5.41, 5.74) is 2.75. The van der Waals surface area contributed by atoms with Crippen molar-refractivity contribution in [3.63, 3.8) is 0 Å². The van der Waals surface area contributed by atoms with Gasteiger partial charge >= 0.3 is 0 Å². The highest BCUT2D eigenvalue weighted by molar-refractivity contribution is 14.0. The van der Waals surface area contributed by atoms with Crippen LogP contribution in [0.2, 0.25) is 0 Å². The molecule has 1 aromatic heterocycles. The summed E-state index contributed by atoms with van der Waals surface area (Å²) in [6.07, 6.45) is 1.19. The largest absolute Gasteiger partial charge is 0.357 e. The molecule has 1 saturated carbocycles. The molecule has 0 bridgehead atoms. The molecular formula is C18H24IN3S. The summed E-state index contributed by atoms with van der Waals surface area (Å²) >= 11 is 1.78. The van der Waals surface area contributed by atoms with E-state index in [-0.39, 0.29) is 24.0 Å². The number of rotatable bonds is 5. The number of benzene rings is 1. The second-order valence-electron chi connectivity index (χ2n) is 5.73. The van der Waals surface area contributed by atoms with Crippen molar-refractivity contribution in [3.8, 4) is 0 Å². The highest BCUT2D eigenvalue weighted by Gasteiger charge is 2.38. The van der Waals surface area contributed by atoms with Gasteiger partial charge in [0, 0.05) is 23.4 Å². The van der Waals surface area contributed by atoms with Crippen molar-refractivity contribution in [1.82, 2.24) is 10.6 Å². The van der Waals surface area contributed by atoms with Gasteiger partial charge in [-0.05, 0) is 42.8 Å². The first-order valence-corrected chi connectivity index (χ1v) is 8.78. The molecule has 2 unspecified atom stereocenters. The number of nitrogens with zero attached hydrogens (tertiary/aromatic N) is 1. The normalized spacial score (nSPS) is 19.8. The van der Waals surface area contributed by atoms with Crippen LogP contribution in [-0.2, 0) is 6.54 Å². The molecule has 0 aliphatic heterocycles. The molecule has 1 aromatic carbocycles. The Balaban J connectivity index is 0.00000192. The molecule has 1 aliphatic carbocycles. The standard InChI is InChI=1S/C18H23N3S.HI/c1-3-19-18(20-12-17-13(2)9-10-22-17)21-16-11-15(16)14-7-5-4-6-8-14;/h4-10,15-16H,3,11-12H2,1-2H3,(H2,19,20,21);1H. The second kappa shape index (κ2) is 8.68. The predicted molar refractivity (Wildman–Crippen MR) is 110 cm³/mol. The van der Waals surface area contributed by atoms with Gasteiger partial charge in [-0.15, -0.1) is 35.3 Å². The number of hydrogen-bond acceptors (Lipinski definition) is 2. The van der Waals surface area contributed by atoms with Crippen LogP contribution in [0.15, 0.2) is 46.8 Å². The molecule has 0 spiro atoms. The summed E-state index contributed by atoms with van der Waals surface area (Å²) in [5, 5.41) is 9.05. The molecular weight excluding hydrogens is 417 g/mol. The van der Waals surface area contributed by atoms with E-state index < -0.39 is 0 Å². The molecule has 3 nitrogen and oxygen atoms in total. The van der Waals surface area contributed by atoms with E-state index in [0.29, 0.717) is 12.0 Å². The molecule has 2 atom stereocenters. The Labute approximate surface area is 159 Å². The van der Waals surface area contributed by atoms with Crippen LogP contribution in [0.4, 0.5) is 0 Å². The fraction of sp³-hybridized carbons (Fsp3) is 0.389. The minimum Gasteiger partial charge on any atom is -0.357 e. The van der Waals surface area contributed by atoms with E-state index in [4.69, 9.17) is 4.99 Å². The van der Waals surface area contributed by atoms with E-state index in [1.807, 2.05) is 0 Å². The van der Waals surface area contributed by atoms with Crippen molar-refractivity contribution >= 4 is 41.3 Å². The van der Waals surface area contributed by atoms with E-state index in [0.717, 1.165) is 19.0 Å². The van der Waals surface area contributed by atoms with Gasteiger partial charge in [0.25, 0.3) is 0 Å². The van der Waals surface area contributed by atoms with E-state index in [1.54, 1.807) is 11.3 Å². The van der Waals surface area contributed by atoms with Gasteiger partial charge in [-0.1, -0.05) is 30.3 Å². The molecule has 1 aliphatic rings. The second-order valence-corrected chi connectivity index (χ2v) is 6.73. The number of halogens is 1. The van der Waals surface area contributed by atoms with Crippen LogP contribution in [0.3, 0.4) is 0 Å². The van der Waals surface area contributed by atoms with Gasteiger partial charge in [0.2, 0.25) is 0 Å². The molecule has 2 aromatic rings. The van der Waals surface area contributed by atoms with Crippen LogP contribution in [0.1, 0.15) is 35.3 Å². The summed E-state index contributed by atoms with van der Waals surface area (Å²) in [4.78, 5) is 6.07. The van der Waals surface area contributed by atoms with Gasteiger partial charge in [0.15, 0.2) is 5.96 Å². The van der Waals surface area contributed by atoms with Gasteiger partial charge in [-0.3, -0.25) is 0 Å². The van der Waals surface area contributed by atoms with Crippen molar-refractivity contribution in [2.75, 3.05) is 6.54 Å². The molecule has 0 amide bonds. The fourth-order valence-corrected chi connectivity index (χ4v) is 3.47. The molecule has 1 fully saturated rings. The lowest BCUT2D eigenvalue weighted by molar-refractivity contribution is 0.796. The Morgan fingerprint density at radius 1 is 1.26 bits per heavy atom. The third-order valence-electron chi connectivity index (χ3n) is 4.03. The number of aliphatic imine (C=N–C) groups is 1. The quantitative estimate of drug-likeness (QED) is 0.413. The molecule has 0 saturated heterocycles. The number of hydrogen-bond donors (Lipinski definition) is 2. The Bertz CT molecular complexity index is 639. The van der Waals surface area contributed by atoms with Crippen LogP contribution in [0.25, 0.3) is 0 Å². The molecule has 2 N–H and O–H groups in total. The van der Waals surface area contributed by atoms with Gasteiger partial charge in [0.05, 0.1) is 6.54 Å². The number of guanidine groups is 1. The van der Waals surface area contributed by atoms with Crippen LogP contribution < -0.4 is 10.6 Å². The Morgan fingerprint density at radius 3 is 2.70 bits per heavy atom. The summed E-state index contributed by atoms with van der Waals surface area (Å²) in [6.45, 7) is 5.89. The average Bonchev–Trinajstić information content (AvgIpc) is 3.19. The molecule has 5 heteroatoms. The molecule has 0 radical (unpaired) electrons. The highest BCUT2D eigenvalue weighted by Crippen LogP contribution is 2.40. The topological polar surface area (TPSA) is 36.4 Å². The van der Waals surface area contributed by atoms with E-state index in [1.165, 1.54) is 22.4 Å². The molecule has 124 valence electrons. The lowest BCUT2D eigenvalue weighted by atomic mass is 10.1. The minimum atomic E-state index is 0. The first-order valence-electron chi connectivity index (χ1n) is 7.90. The maximum Gasteiger partial charge on any atom is 0.191 e. The molecule has 3 rings (SSSR count). The number of thiophene rings is 1. The summed E-state index contributed by atoms with van der Waals surface area (Å²) in [7, 11) is 0. The van der Waals surface area contributed by atoms with Gasteiger partial charge in [-0.2, -0.15) is 0 Å². The lowest BCUT2D eigenvalue weighted by Gasteiger charge is -2.11. The monoisotopic (exact) mass is 441 g/mol. The van der Waals surface area contributed by atoms with Crippen molar-refractivity contribution in [2.24, 2.45) is 4.99 Å². The first kappa shape index (κ1) is 18.3. The van der Waals surface area contributed by atoms with Crippen LogP contribution in [0, 0.1) is 6.92 Å². The summed E-state index contributed by atoms with van der Waals surface area (Å²) in [6, 6.07) is 13.4. The van der Waals surface area contributed by atoms with Crippen molar-refractivity contribution < 1.29 is 0 Å².